The predicted molar refractivity (Wildman–Crippen MR) is 123 cm³/mol. The number of hydrogen-bond acceptors (Lipinski definition) is 7. The Labute approximate surface area is 193 Å². The number of amides is 4. The standard InChI is InChI=1S/C20H37N5O6S/c1-10(2)8-14(20(30)31)25-18(28)13(9-15(21)26)24-17(27)12(6-7-32-5)23-19(29)16(22)11(3)4/h10-14,16H,6-9,22H2,1-5H3,(H2,21,26)(H,23,29)(H,24,27)(H,25,28)(H,30,31). The van der Waals surface area contributed by atoms with Crippen molar-refractivity contribution in [2.75, 3.05) is 12.0 Å². The van der Waals surface area contributed by atoms with Gasteiger partial charge in [0.25, 0.3) is 0 Å². The third-order valence-electron chi connectivity index (χ3n) is 4.62. The Morgan fingerprint density at radius 3 is 1.81 bits per heavy atom. The summed E-state index contributed by atoms with van der Waals surface area (Å²) in [6.07, 6.45) is 1.73. The van der Waals surface area contributed by atoms with Crippen LogP contribution in [-0.2, 0) is 24.0 Å². The van der Waals surface area contributed by atoms with Crippen molar-refractivity contribution in [3.63, 3.8) is 0 Å². The van der Waals surface area contributed by atoms with E-state index < -0.39 is 60.2 Å². The summed E-state index contributed by atoms with van der Waals surface area (Å²) in [6, 6.07) is -4.39. The molecule has 0 aliphatic rings. The van der Waals surface area contributed by atoms with Crippen molar-refractivity contribution in [1.82, 2.24) is 16.0 Å². The van der Waals surface area contributed by atoms with Gasteiger partial charge in [-0.25, -0.2) is 4.79 Å². The Hall–Kier alpha value is -2.34. The lowest BCUT2D eigenvalue weighted by Gasteiger charge is -2.25. The molecular formula is C20H37N5O6S. The monoisotopic (exact) mass is 475 g/mol. The normalized spacial score (nSPS) is 14.9. The third kappa shape index (κ3) is 11.3. The molecule has 0 aromatic rings. The Morgan fingerprint density at radius 1 is 0.875 bits per heavy atom. The second kappa shape index (κ2) is 14.7. The van der Waals surface area contributed by atoms with Crippen molar-refractivity contribution < 1.29 is 29.1 Å². The molecule has 11 nitrogen and oxygen atoms in total. The van der Waals surface area contributed by atoms with Crippen LogP contribution in [0.15, 0.2) is 0 Å². The highest BCUT2D eigenvalue weighted by atomic mass is 32.2. The number of primary amides is 1. The maximum atomic E-state index is 12.8. The summed E-state index contributed by atoms with van der Waals surface area (Å²) in [5.41, 5.74) is 11.1. The summed E-state index contributed by atoms with van der Waals surface area (Å²) >= 11 is 1.46. The van der Waals surface area contributed by atoms with E-state index in [0.29, 0.717) is 5.75 Å². The van der Waals surface area contributed by atoms with Gasteiger partial charge in [0.15, 0.2) is 0 Å². The average molecular weight is 476 g/mol. The lowest BCUT2D eigenvalue weighted by atomic mass is 10.0. The predicted octanol–water partition coefficient (Wildman–Crippen LogP) is -0.817. The van der Waals surface area contributed by atoms with Gasteiger partial charge in [-0.05, 0) is 36.7 Å². The van der Waals surface area contributed by atoms with Crippen LogP contribution in [0.25, 0.3) is 0 Å². The van der Waals surface area contributed by atoms with Crippen LogP contribution in [0.1, 0.15) is 47.0 Å². The quantitative estimate of drug-likeness (QED) is 0.177. The Bertz CT molecular complexity index is 673. The van der Waals surface area contributed by atoms with Gasteiger partial charge in [-0.3, -0.25) is 19.2 Å². The molecule has 0 aromatic heterocycles. The number of carbonyl (C=O) groups excluding carboxylic acids is 4. The molecule has 4 atom stereocenters. The van der Waals surface area contributed by atoms with E-state index in [9.17, 15) is 29.1 Å². The van der Waals surface area contributed by atoms with Gasteiger partial charge in [0.05, 0.1) is 12.5 Å². The molecule has 0 heterocycles. The summed E-state index contributed by atoms with van der Waals surface area (Å²) in [5.74, 6) is -3.77. The zero-order chi connectivity index (χ0) is 25.0. The van der Waals surface area contributed by atoms with E-state index >= 15 is 0 Å². The molecule has 4 unspecified atom stereocenters. The van der Waals surface area contributed by atoms with Crippen LogP contribution in [0.2, 0.25) is 0 Å². The van der Waals surface area contributed by atoms with Gasteiger partial charge in [-0.2, -0.15) is 11.8 Å². The van der Waals surface area contributed by atoms with E-state index in [4.69, 9.17) is 11.5 Å². The van der Waals surface area contributed by atoms with Gasteiger partial charge in [0, 0.05) is 0 Å². The second-order valence-corrected chi connectivity index (χ2v) is 9.36. The number of aliphatic carboxylic acids is 1. The Morgan fingerprint density at radius 2 is 1.38 bits per heavy atom. The van der Waals surface area contributed by atoms with E-state index in [1.807, 2.05) is 6.26 Å². The molecule has 0 radical (unpaired) electrons. The molecular weight excluding hydrogens is 438 g/mol. The third-order valence-corrected chi connectivity index (χ3v) is 5.27. The Balaban J connectivity index is 5.49. The summed E-state index contributed by atoms with van der Waals surface area (Å²) in [4.78, 5) is 60.8. The molecule has 0 aliphatic heterocycles. The molecule has 0 fully saturated rings. The van der Waals surface area contributed by atoms with Crippen molar-refractivity contribution in [2.24, 2.45) is 23.3 Å². The van der Waals surface area contributed by atoms with Gasteiger partial charge < -0.3 is 32.5 Å². The van der Waals surface area contributed by atoms with Crippen LogP contribution in [0.4, 0.5) is 0 Å². The summed E-state index contributed by atoms with van der Waals surface area (Å²) in [5, 5.41) is 16.7. The zero-order valence-electron chi connectivity index (χ0n) is 19.3. The number of carboxylic acids is 1. The molecule has 0 rings (SSSR count). The minimum Gasteiger partial charge on any atom is -0.480 e. The first-order chi connectivity index (χ1) is 14.8. The molecule has 0 aromatic carbocycles. The van der Waals surface area contributed by atoms with E-state index in [1.54, 1.807) is 27.7 Å². The van der Waals surface area contributed by atoms with Gasteiger partial charge in [0.1, 0.15) is 18.1 Å². The number of rotatable bonds is 15. The number of carbonyl (C=O) groups is 5. The summed E-state index contributed by atoms with van der Waals surface area (Å²) in [6.45, 7) is 7.13. The lowest BCUT2D eigenvalue weighted by molar-refractivity contribution is -0.143. The van der Waals surface area contributed by atoms with Gasteiger partial charge in [-0.15, -0.1) is 0 Å². The smallest absolute Gasteiger partial charge is 0.326 e. The first-order valence-corrected chi connectivity index (χ1v) is 11.9. The van der Waals surface area contributed by atoms with E-state index in [-0.39, 0.29) is 24.7 Å². The van der Waals surface area contributed by atoms with Crippen molar-refractivity contribution in [3.8, 4) is 0 Å². The summed E-state index contributed by atoms with van der Waals surface area (Å²) < 4.78 is 0. The molecule has 0 saturated carbocycles. The summed E-state index contributed by atoms with van der Waals surface area (Å²) in [7, 11) is 0. The van der Waals surface area contributed by atoms with E-state index in [0.717, 1.165) is 0 Å². The molecule has 32 heavy (non-hydrogen) atoms. The van der Waals surface area contributed by atoms with Crippen molar-refractivity contribution in [2.45, 2.75) is 71.1 Å². The topological polar surface area (TPSA) is 194 Å². The fraction of sp³-hybridized carbons (Fsp3) is 0.750. The van der Waals surface area contributed by atoms with Crippen LogP contribution in [0, 0.1) is 11.8 Å². The van der Waals surface area contributed by atoms with Crippen LogP contribution in [0.3, 0.4) is 0 Å². The minimum absolute atomic E-state index is 0.0168. The number of hydrogen-bond donors (Lipinski definition) is 6. The Kier molecular flexibility index (Phi) is 13.6. The molecule has 0 saturated heterocycles. The van der Waals surface area contributed by atoms with Crippen molar-refractivity contribution in [1.29, 1.82) is 0 Å². The molecule has 0 aliphatic carbocycles. The number of carboxylic acid groups (broad SMARTS) is 1. The van der Waals surface area contributed by atoms with E-state index in [2.05, 4.69) is 16.0 Å². The lowest BCUT2D eigenvalue weighted by Crippen LogP contribution is -2.58. The zero-order valence-corrected chi connectivity index (χ0v) is 20.2. The maximum Gasteiger partial charge on any atom is 0.326 e. The number of nitrogens with one attached hydrogen (secondary N) is 3. The highest BCUT2D eigenvalue weighted by Crippen LogP contribution is 2.08. The number of nitrogens with two attached hydrogens (primary N) is 2. The fourth-order valence-electron chi connectivity index (χ4n) is 2.72. The minimum atomic E-state index is -1.39. The largest absolute Gasteiger partial charge is 0.480 e. The molecule has 4 amide bonds. The first kappa shape index (κ1) is 29.7. The van der Waals surface area contributed by atoms with Crippen molar-refractivity contribution in [3.05, 3.63) is 0 Å². The fourth-order valence-corrected chi connectivity index (χ4v) is 3.19. The first-order valence-electron chi connectivity index (χ1n) is 10.5. The van der Waals surface area contributed by atoms with Gasteiger partial charge >= 0.3 is 5.97 Å². The highest BCUT2D eigenvalue weighted by Gasteiger charge is 2.31. The van der Waals surface area contributed by atoms with Gasteiger partial charge in [-0.1, -0.05) is 27.7 Å². The number of thioether (sulfide) groups is 1. The molecule has 12 heteroatoms. The molecule has 8 N–H and O–H groups in total. The van der Waals surface area contributed by atoms with E-state index in [1.165, 1.54) is 11.8 Å². The highest BCUT2D eigenvalue weighted by molar-refractivity contribution is 7.98. The molecule has 184 valence electrons. The van der Waals surface area contributed by atoms with Crippen LogP contribution >= 0.6 is 11.8 Å². The average Bonchev–Trinajstić information content (AvgIpc) is 2.68. The molecule has 0 spiro atoms. The molecule has 0 bridgehead atoms. The SMILES string of the molecule is CSCCC(NC(=O)C(N)C(C)C)C(=O)NC(CC(N)=O)C(=O)NC(CC(C)C)C(=O)O. The van der Waals surface area contributed by atoms with Crippen LogP contribution in [0.5, 0.6) is 0 Å². The van der Waals surface area contributed by atoms with Crippen molar-refractivity contribution >= 4 is 41.4 Å². The maximum absolute atomic E-state index is 12.8. The van der Waals surface area contributed by atoms with Crippen LogP contribution < -0.4 is 27.4 Å². The van der Waals surface area contributed by atoms with Gasteiger partial charge in [0.2, 0.25) is 23.6 Å². The second-order valence-electron chi connectivity index (χ2n) is 8.37. The van der Waals surface area contributed by atoms with Crippen LogP contribution in [-0.4, -0.2) is 70.9 Å².